The lowest BCUT2D eigenvalue weighted by atomic mass is 10.1. The third-order valence-corrected chi connectivity index (χ3v) is 4.80. The number of fused-ring (bicyclic) bond motifs is 1. The molecule has 0 unspecified atom stereocenters. The van der Waals surface area contributed by atoms with Gasteiger partial charge in [0.05, 0.1) is 11.4 Å². The normalized spacial score (nSPS) is 13.6. The minimum absolute atomic E-state index is 0.804. The highest BCUT2D eigenvalue weighted by molar-refractivity contribution is 5.99. The predicted octanol–water partition coefficient (Wildman–Crippen LogP) is 3.20. The maximum atomic E-state index is 4.84. The summed E-state index contributed by atoms with van der Waals surface area (Å²) in [5.74, 6) is 0.854. The van der Waals surface area contributed by atoms with Gasteiger partial charge in [0, 0.05) is 31.0 Å². The molecular formula is C21H28N6. The number of nitrogens with zero attached hydrogens (tertiary/aromatic N) is 4. The highest BCUT2D eigenvalue weighted by atomic mass is 15.2. The molecule has 6 nitrogen and oxygen atoms in total. The SMILES string of the molecule is C=C(NCCNC)C(C)=Nc1c(C)ncnc1N1CCc2cc(C)ccc21. The molecule has 0 bridgehead atoms. The molecule has 0 saturated heterocycles. The zero-order valence-corrected chi connectivity index (χ0v) is 16.6. The molecule has 0 radical (unpaired) electrons. The largest absolute Gasteiger partial charge is 0.383 e. The Morgan fingerprint density at radius 1 is 1.26 bits per heavy atom. The van der Waals surface area contributed by atoms with Crippen LogP contribution in [0.25, 0.3) is 0 Å². The Balaban J connectivity index is 1.93. The van der Waals surface area contributed by atoms with Crippen molar-refractivity contribution in [1.82, 2.24) is 20.6 Å². The third-order valence-electron chi connectivity index (χ3n) is 4.80. The molecule has 0 saturated carbocycles. The van der Waals surface area contributed by atoms with Crippen molar-refractivity contribution in [3.63, 3.8) is 0 Å². The maximum Gasteiger partial charge on any atom is 0.162 e. The molecule has 1 aromatic heterocycles. The number of aliphatic imine (C=N–C) groups is 1. The lowest BCUT2D eigenvalue weighted by Gasteiger charge is -2.21. The van der Waals surface area contributed by atoms with Crippen LogP contribution in [0.3, 0.4) is 0 Å². The smallest absolute Gasteiger partial charge is 0.162 e. The van der Waals surface area contributed by atoms with Crippen LogP contribution in [0.5, 0.6) is 0 Å². The summed E-state index contributed by atoms with van der Waals surface area (Å²) < 4.78 is 0. The molecule has 0 amide bonds. The van der Waals surface area contributed by atoms with E-state index < -0.39 is 0 Å². The minimum Gasteiger partial charge on any atom is -0.383 e. The van der Waals surface area contributed by atoms with E-state index >= 15 is 0 Å². The second-order valence-corrected chi connectivity index (χ2v) is 6.87. The molecule has 0 spiro atoms. The third kappa shape index (κ3) is 4.17. The molecule has 6 heteroatoms. The summed E-state index contributed by atoms with van der Waals surface area (Å²) in [5.41, 5.74) is 7.18. The molecule has 27 heavy (non-hydrogen) atoms. The fourth-order valence-electron chi connectivity index (χ4n) is 3.23. The first-order valence-corrected chi connectivity index (χ1v) is 9.33. The molecular weight excluding hydrogens is 336 g/mol. The van der Waals surface area contributed by atoms with Gasteiger partial charge in [0.25, 0.3) is 0 Å². The average Bonchev–Trinajstić information content (AvgIpc) is 3.06. The van der Waals surface area contributed by atoms with Crippen LogP contribution in [-0.4, -0.2) is 42.4 Å². The zero-order valence-electron chi connectivity index (χ0n) is 16.6. The lowest BCUT2D eigenvalue weighted by Crippen LogP contribution is -2.26. The number of aromatic nitrogens is 2. The fourth-order valence-corrected chi connectivity index (χ4v) is 3.23. The molecule has 0 aliphatic carbocycles. The van der Waals surface area contributed by atoms with E-state index in [0.29, 0.717) is 0 Å². The van der Waals surface area contributed by atoms with Crippen molar-refractivity contribution in [2.24, 2.45) is 4.99 Å². The van der Waals surface area contributed by atoms with Crippen molar-refractivity contribution in [3.8, 4) is 0 Å². The number of allylic oxidation sites excluding steroid dienone is 1. The van der Waals surface area contributed by atoms with Crippen LogP contribution in [0.15, 0.2) is 41.8 Å². The van der Waals surface area contributed by atoms with Crippen LogP contribution < -0.4 is 15.5 Å². The Labute approximate surface area is 161 Å². The second kappa shape index (κ2) is 8.31. The summed E-state index contributed by atoms with van der Waals surface area (Å²) in [6.07, 6.45) is 2.63. The molecule has 2 heterocycles. The van der Waals surface area contributed by atoms with Crippen LogP contribution in [0.2, 0.25) is 0 Å². The van der Waals surface area contributed by atoms with E-state index in [1.165, 1.54) is 16.8 Å². The van der Waals surface area contributed by atoms with Crippen molar-refractivity contribution in [2.45, 2.75) is 27.2 Å². The number of nitrogens with one attached hydrogen (secondary N) is 2. The molecule has 1 aromatic carbocycles. The number of rotatable bonds is 7. The molecule has 1 aliphatic rings. The maximum absolute atomic E-state index is 4.84. The van der Waals surface area contributed by atoms with Crippen LogP contribution in [0, 0.1) is 13.8 Å². The van der Waals surface area contributed by atoms with E-state index in [1.807, 2.05) is 20.9 Å². The van der Waals surface area contributed by atoms with Gasteiger partial charge < -0.3 is 15.5 Å². The van der Waals surface area contributed by atoms with Gasteiger partial charge in [-0.15, -0.1) is 0 Å². The topological polar surface area (TPSA) is 65.4 Å². The van der Waals surface area contributed by atoms with E-state index in [1.54, 1.807) is 6.33 Å². The van der Waals surface area contributed by atoms with Gasteiger partial charge >= 0.3 is 0 Å². The van der Waals surface area contributed by atoms with E-state index in [2.05, 4.69) is 57.2 Å². The summed E-state index contributed by atoms with van der Waals surface area (Å²) in [6.45, 7) is 12.7. The fraction of sp³-hybridized carbons (Fsp3) is 0.381. The number of hydrogen-bond donors (Lipinski definition) is 2. The minimum atomic E-state index is 0.804. The van der Waals surface area contributed by atoms with E-state index in [4.69, 9.17) is 4.99 Å². The van der Waals surface area contributed by atoms with Crippen LogP contribution in [0.4, 0.5) is 17.2 Å². The van der Waals surface area contributed by atoms with Gasteiger partial charge in [-0.1, -0.05) is 24.3 Å². The first kappa shape index (κ1) is 19.0. The molecule has 3 rings (SSSR count). The Morgan fingerprint density at radius 2 is 2.07 bits per heavy atom. The molecule has 0 fully saturated rings. The number of hydrogen-bond acceptors (Lipinski definition) is 6. The lowest BCUT2D eigenvalue weighted by molar-refractivity contribution is 0.731. The Bertz CT molecular complexity index is 871. The monoisotopic (exact) mass is 364 g/mol. The Hall–Kier alpha value is -2.73. The van der Waals surface area contributed by atoms with Gasteiger partial charge in [0.2, 0.25) is 0 Å². The second-order valence-electron chi connectivity index (χ2n) is 6.87. The van der Waals surface area contributed by atoms with Crippen LogP contribution in [0.1, 0.15) is 23.7 Å². The molecule has 1 aliphatic heterocycles. The van der Waals surface area contributed by atoms with E-state index in [-0.39, 0.29) is 0 Å². The summed E-state index contributed by atoms with van der Waals surface area (Å²) in [6, 6.07) is 6.58. The molecule has 0 atom stereocenters. The van der Waals surface area contributed by atoms with Crippen LogP contribution in [-0.2, 0) is 6.42 Å². The quantitative estimate of drug-likeness (QED) is 0.583. The van der Waals surface area contributed by atoms with Gasteiger partial charge in [-0.25, -0.2) is 15.0 Å². The first-order chi connectivity index (χ1) is 13.0. The van der Waals surface area contributed by atoms with Crippen molar-refractivity contribution in [2.75, 3.05) is 31.6 Å². The first-order valence-electron chi connectivity index (χ1n) is 9.33. The van der Waals surface area contributed by atoms with Crippen LogP contribution >= 0.6 is 0 Å². The standard InChI is InChI=1S/C21H28N6/c1-14-6-7-19-18(12-14)8-11-27(19)21-20(17(4)24-13-25-21)26-16(3)15(2)23-10-9-22-5/h6-7,12-13,22-23H,2,8-11H2,1,3-5H3. The molecule has 142 valence electrons. The predicted molar refractivity (Wildman–Crippen MR) is 112 cm³/mol. The van der Waals surface area contributed by atoms with Gasteiger partial charge in [-0.2, -0.15) is 0 Å². The average molecular weight is 364 g/mol. The molecule has 2 aromatic rings. The number of benzene rings is 1. The van der Waals surface area contributed by atoms with Gasteiger partial charge in [-0.3, -0.25) is 0 Å². The van der Waals surface area contributed by atoms with Crippen molar-refractivity contribution in [3.05, 3.63) is 53.6 Å². The number of anilines is 2. The summed E-state index contributed by atoms with van der Waals surface area (Å²) >= 11 is 0. The van der Waals surface area contributed by atoms with E-state index in [9.17, 15) is 0 Å². The van der Waals surface area contributed by atoms with Gasteiger partial charge in [0.1, 0.15) is 12.0 Å². The highest BCUT2D eigenvalue weighted by Gasteiger charge is 2.24. The summed E-state index contributed by atoms with van der Waals surface area (Å²) in [5, 5.41) is 6.40. The van der Waals surface area contributed by atoms with Crippen molar-refractivity contribution < 1.29 is 0 Å². The Morgan fingerprint density at radius 3 is 2.85 bits per heavy atom. The number of aryl methyl sites for hydroxylation is 2. The molecule has 2 N–H and O–H groups in total. The van der Waals surface area contributed by atoms with Gasteiger partial charge in [-0.05, 0) is 45.9 Å². The Kier molecular flexibility index (Phi) is 5.86. The van der Waals surface area contributed by atoms with Crippen molar-refractivity contribution in [1.29, 1.82) is 0 Å². The zero-order chi connectivity index (χ0) is 19.4. The van der Waals surface area contributed by atoms with Crippen molar-refractivity contribution >= 4 is 22.9 Å². The summed E-state index contributed by atoms with van der Waals surface area (Å²) in [4.78, 5) is 16.0. The van der Waals surface area contributed by atoms with Gasteiger partial charge in [0.15, 0.2) is 5.82 Å². The number of likely N-dealkylation sites (N-methyl/N-ethyl adjacent to an activating group) is 1. The highest BCUT2D eigenvalue weighted by Crippen LogP contribution is 2.39. The summed E-state index contributed by atoms with van der Waals surface area (Å²) in [7, 11) is 1.93. The van der Waals surface area contributed by atoms with E-state index in [0.717, 1.165) is 54.7 Å².